The molecule has 0 aromatic heterocycles. The summed E-state index contributed by atoms with van der Waals surface area (Å²) >= 11 is 0. The van der Waals surface area contributed by atoms with Crippen LogP contribution in [0.2, 0.25) is 25.7 Å². The molecule has 3 nitrogen and oxygen atoms in total. The topological polar surface area (TPSA) is 15.7 Å². The van der Waals surface area contributed by atoms with Crippen molar-refractivity contribution in [2.75, 3.05) is 46.4 Å². The van der Waals surface area contributed by atoms with Crippen molar-refractivity contribution < 1.29 is 4.74 Å². The molecule has 0 N–H and O–H groups in total. The number of piperazine rings is 1. The summed E-state index contributed by atoms with van der Waals surface area (Å²) in [6.45, 7) is 13.7. The van der Waals surface area contributed by atoms with Gasteiger partial charge in [-0.05, 0) is 25.6 Å². The molecule has 0 bridgehead atoms. The van der Waals surface area contributed by atoms with Gasteiger partial charge in [0.1, 0.15) is 0 Å². The van der Waals surface area contributed by atoms with Gasteiger partial charge in [-0.15, -0.1) is 0 Å². The standard InChI is InChI=1S/C17H32N2OSi/c1-18-9-11-19(12-10-18)17-7-5-16(6-8-17)15-20-13-14-21(2,3)4/h5,7-8,16H,6,9-15H2,1-4H3. The molecule has 0 radical (unpaired) electrons. The molecule has 2 rings (SSSR count). The summed E-state index contributed by atoms with van der Waals surface area (Å²) in [6, 6.07) is 1.27. The first-order valence-electron chi connectivity index (χ1n) is 8.34. The van der Waals surface area contributed by atoms with Crippen molar-refractivity contribution in [2.24, 2.45) is 5.92 Å². The molecule has 1 aliphatic heterocycles. The number of ether oxygens (including phenoxy) is 1. The van der Waals surface area contributed by atoms with E-state index in [0.717, 1.165) is 32.7 Å². The van der Waals surface area contributed by atoms with E-state index in [1.807, 2.05) is 0 Å². The highest BCUT2D eigenvalue weighted by atomic mass is 28.3. The minimum absolute atomic E-state index is 0.572. The Kier molecular flexibility index (Phi) is 6.08. The lowest BCUT2D eigenvalue weighted by Gasteiger charge is -2.35. The molecule has 4 heteroatoms. The van der Waals surface area contributed by atoms with Gasteiger partial charge in [0.15, 0.2) is 0 Å². The Morgan fingerprint density at radius 1 is 1.19 bits per heavy atom. The van der Waals surface area contributed by atoms with Crippen LogP contribution in [0.5, 0.6) is 0 Å². The monoisotopic (exact) mass is 308 g/mol. The van der Waals surface area contributed by atoms with E-state index in [9.17, 15) is 0 Å². The number of rotatable bonds is 6. The molecule has 1 atom stereocenters. The maximum Gasteiger partial charge on any atom is 0.0531 e. The van der Waals surface area contributed by atoms with Crippen LogP contribution in [0.1, 0.15) is 6.42 Å². The van der Waals surface area contributed by atoms with E-state index in [0.29, 0.717) is 5.92 Å². The molecule has 1 aliphatic carbocycles. The largest absolute Gasteiger partial charge is 0.381 e. The van der Waals surface area contributed by atoms with Crippen LogP contribution in [-0.2, 0) is 4.74 Å². The van der Waals surface area contributed by atoms with Crippen LogP contribution < -0.4 is 0 Å². The van der Waals surface area contributed by atoms with Gasteiger partial charge in [0, 0.05) is 52.5 Å². The van der Waals surface area contributed by atoms with E-state index in [1.54, 1.807) is 0 Å². The zero-order chi connectivity index (χ0) is 15.3. The molecule has 0 aromatic rings. The van der Waals surface area contributed by atoms with Gasteiger partial charge < -0.3 is 14.5 Å². The van der Waals surface area contributed by atoms with Gasteiger partial charge in [-0.1, -0.05) is 31.8 Å². The third kappa shape index (κ3) is 5.97. The Morgan fingerprint density at radius 2 is 1.90 bits per heavy atom. The predicted octanol–water partition coefficient (Wildman–Crippen LogP) is 3.05. The minimum Gasteiger partial charge on any atom is -0.381 e. The fraction of sp³-hybridized carbons (Fsp3) is 0.765. The highest BCUT2D eigenvalue weighted by Gasteiger charge is 2.18. The van der Waals surface area contributed by atoms with Crippen LogP contribution in [0.25, 0.3) is 0 Å². The summed E-state index contributed by atoms with van der Waals surface area (Å²) in [5.41, 5.74) is 1.42. The second kappa shape index (κ2) is 7.61. The molecule has 1 fully saturated rings. The molecule has 0 spiro atoms. The SMILES string of the molecule is CN1CCN(C2=CCC(COCC[Si](C)(C)C)C=C2)CC1. The van der Waals surface area contributed by atoms with Gasteiger partial charge in [0.25, 0.3) is 0 Å². The average Bonchev–Trinajstić information content (AvgIpc) is 2.44. The van der Waals surface area contributed by atoms with E-state index in [-0.39, 0.29) is 0 Å². The highest BCUT2D eigenvalue weighted by molar-refractivity contribution is 6.76. The Labute approximate surface area is 131 Å². The molecule has 0 amide bonds. The van der Waals surface area contributed by atoms with E-state index in [2.05, 4.69) is 54.7 Å². The van der Waals surface area contributed by atoms with Crippen molar-refractivity contribution in [1.29, 1.82) is 0 Å². The lowest BCUT2D eigenvalue weighted by molar-refractivity contribution is 0.123. The van der Waals surface area contributed by atoms with E-state index in [1.165, 1.54) is 24.8 Å². The molecule has 1 saturated heterocycles. The summed E-state index contributed by atoms with van der Waals surface area (Å²) in [7, 11) is 1.26. The normalized spacial score (nSPS) is 24.3. The van der Waals surface area contributed by atoms with Gasteiger partial charge in [0.2, 0.25) is 0 Å². The number of nitrogens with zero attached hydrogens (tertiary/aromatic N) is 2. The fourth-order valence-electron chi connectivity index (χ4n) is 2.69. The highest BCUT2D eigenvalue weighted by Crippen LogP contribution is 2.21. The number of hydrogen-bond acceptors (Lipinski definition) is 3. The van der Waals surface area contributed by atoms with Gasteiger partial charge >= 0.3 is 0 Å². The quantitative estimate of drug-likeness (QED) is 0.554. The van der Waals surface area contributed by atoms with Crippen LogP contribution in [0.3, 0.4) is 0 Å². The Balaban J connectivity index is 1.67. The van der Waals surface area contributed by atoms with Crippen molar-refractivity contribution in [3.05, 3.63) is 23.9 Å². The maximum absolute atomic E-state index is 5.88. The van der Waals surface area contributed by atoms with Gasteiger partial charge in [-0.25, -0.2) is 0 Å². The third-order valence-electron chi connectivity index (χ3n) is 4.37. The molecular weight excluding hydrogens is 276 g/mol. The molecule has 0 aromatic carbocycles. The van der Waals surface area contributed by atoms with E-state index >= 15 is 0 Å². The first-order valence-corrected chi connectivity index (χ1v) is 12.0. The average molecular weight is 309 g/mol. The van der Waals surface area contributed by atoms with Crippen molar-refractivity contribution in [1.82, 2.24) is 9.80 Å². The zero-order valence-electron chi connectivity index (χ0n) is 14.3. The molecule has 2 aliphatic rings. The molecule has 21 heavy (non-hydrogen) atoms. The smallest absolute Gasteiger partial charge is 0.0531 e. The van der Waals surface area contributed by atoms with Crippen molar-refractivity contribution >= 4 is 8.07 Å². The lowest BCUT2D eigenvalue weighted by atomic mass is 9.99. The summed E-state index contributed by atoms with van der Waals surface area (Å²) in [5, 5.41) is 0. The summed E-state index contributed by atoms with van der Waals surface area (Å²) in [4.78, 5) is 4.91. The molecular formula is C17H32N2OSi. The van der Waals surface area contributed by atoms with Gasteiger partial charge in [-0.2, -0.15) is 0 Å². The second-order valence-electron chi connectivity index (χ2n) is 7.66. The lowest BCUT2D eigenvalue weighted by Crippen LogP contribution is -2.43. The Hall–Kier alpha value is -0.583. The second-order valence-corrected chi connectivity index (χ2v) is 13.3. The molecule has 0 saturated carbocycles. The maximum atomic E-state index is 5.88. The predicted molar refractivity (Wildman–Crippen MR) is 93.4 cm³/mol. The van der Waals surface area contributed by atoms with Crippen LogP contribution in [0, 0.1) is 5.92 Å². The Bertz CT molecular complexity index is 379. The zero-order valence-corrected chi connectivity index (χ0v) is 15.3. The number of allylic oxidation sites excluding steroid dienone is 2. The van der Waals surface area contributed by atoms with E-state index in [4.69, 9.17) is 4.74 Å². The Morgan fingerprint density at radius 3 is 2.48 bits per heavy atom. The fourth-order valence-corrected chi connectivity index (χ4v) is 3.45. The van der Waals surface area contributed by atoms with Gasteiger partial charge in [-0.3, -0.25) is 0 Å². The summed E-state index contributed by atoms with van der Waals surface area (Å²) in [5.74, 6) is 0.572. The molecule has 1 unspecified atom stereocenters. The first-order chi connectivity index (χ1) is 9.94. The number of likely N-dealkylation sites (N-methyl/N-ethyl adjacent to an activating group) is 1. The summed E-state index contributed by atoms with van der Waals surface area (Å²) < 4.78 is 5.88. The first kappa shape index (κ1) is 16.8. The minimum atomic E-state index is -0.949. The molecule has 1 heterocycles. The van der Waals surface area contributed by atoms with Crippen molar-refractivity contribution in [3.63, 3.8) is 0 Å². The van der Waals surface area contributed by atoms with Crippen LogP contribution >= 0.6 is 0 Å². The van der Waals surface area contributed by atoms with Crippen LogP contribution in [-0.4, -0.2) is 64.3 Å². The van der Waals surface area contributed by atoms with Crippen LogP contribution in [0.15, 0.2) is 23.9 Å². The van der Waals surface area contributed by atoms with Gasteiger partial charge in [0.05, 0.1) is 6.61 Å². The third-order valence-corrected chi connectivity index (χ3v) is 6.07. The number of hydrogen-bond donors (Lipinski definition) is 0. The summed E-state index contributed by atoms with van der Waals surface area (Å²) in [6.07, 6.45) is 8.19. The van der Waals surface area contributed by atoms with E-state index < -0.39 is 8.07 Å². The van der Waals surface area contributed by atoms with Crippen molar-refractivity contribution in [3.8, 4) is 0 Å². The van der Waals surface area contributed by atoms with Crippen molar-refractivity contribution in [2.45, 2.75) is 32.1 Å². The molecule has 120 valence electrons. The van der Waals surface area contributed by atoms with Crippen LogP contribution in [0.4, 0.5) is 0 Å².